The van der Waals surface area contributed by atoms with E-state index < -0.39 is 0 Å². The van der Waals surface area contributed by atoms with Crippen molar-refractivity contribution in [2.45, 2.75) is 60.4 Å². The van der Waals surface area contributed by atoms with Crippen molar-refractivity contribution in [2.75, 3.05) is 44.7 Å². The standard InChI is InChI=1S/C20H32N6O.2C2H6.H2O.H2/c1-3-4-13-27-20-23-15-18(21)19(24-20)22-14-16-5-7-17(8-6-16)26-11-9-25(2)10-12-26;2*1-2;;/h5-8,15,20,22,24H,3-4,9-14,21H2,1-2H3;2*1-2H3;1H2;1H. The number of piperazine rings is 1. The second kappa shape index (κ2) is 17.3. The molecule has 1 atom stereocenters. The highest BCUT2D eigenvalue weighted by Gasteiger charge is 2.16. The van der Waals surface area contributed by atoms with Gasteiger partial charge in [-0.15, -0.1) is 0 Å². The molecule has 3 rings (SSSR count). The first kappa shape index (κ1) is 29.7. The van der Waals surface area contributed by atoms with E-state index in [2.05, 4.69) is 63.7 Å². The number of likely N-dealkylation sites (N-methyl/N-ethyl adjacent to an activating group) is 1. The van der Waals surface area contributed by atoms with Crippen molar-refractivity contribution in [2.24, 2.45) is 10.7 Å². The minimum atomic E-state index is -0.369. The molecule has 0 amide bonds. The van der Waals surface area contributed by atoms with Crippen LogP contribution in [0.15, 0.2) is 40.8 Å². The summed E-state index contributed by atoms with van der Waals surface area (Å²) in [5, 5.41) is 6.57. The fourth-order valence-corrected chi connectivity index (χ4v) is 3.11. The number of aliphatic imine (C=N–C) groups is 1. The molecule has 0 radical (unpaired) electrons. The molecular weight excluding hydrogens is 404 g/mol. The molecule has 1 aromatic rings. The lowest BCUT2D eigenvalue weighted by Gasteiger charge is -2.34. The lowest BCUT2D eigenvalue weighted by molar-refractivity contribution is 0.0388. The van der Waals surface area contributed by atoms with E-state index in [1.807, 2.05) is 27.7 Å². The predicted octanol–water partition coefficient (Wildman–Crippen LogP) is 2.90. The number of hydrogen-bond donors (Lipinski definition) is 3. The first-order chi connectivity index (χ1) is 15.2. The number of anilines is 1. The number of unbranched alkanes of at least 4 members (excludes halogenated alkanes) is 1. The van der Waals surface area contributed by atoms with Crippen LogP contribution in [-0.4, -0.2) is 62.8 Å². The fourth-order valence-electron chi connectivity index (χ4n) is 3.11. The summed E-state index contributed by atoms with van der Waals surface area (Å²) in [5.41, 5.74) is 9.13. The smallest absolute Gasteiger partial charge is 0.226 e. The third kappa shape index (κ3) is 9.89. The topological polar surface area (TPSA) is 110 Å². The van der Waals surface area contributed by atoms with Crippen LogP contribution in [0.5, 0.6) is 0 Å². The Kier molecular flexibility index (Phi) is 16.1. The molecule has 32 heavy (non-hydrogen) atoms. The third-order valence-electron chi connectivity index (χ3n) is 4.95. The Labute approximate surface area is 196 Å². The largest absolute Gasteiger partial charge is 0.412 e. The summed E-state index contributed by atoms with van der Waals surface area (Å²) < 4.78 is 5.70. The van der Waals surface area contributed by atoms with E-state index in [1.54, 1.807) is 6.21 Å². The Morgan fingerprint density at radius 2 is 1.75 bits per heavy atom. The average molecular weight is 453 g/mol. The highest BCUT2D eigenvalue weighted by atomic mass is 16.5. The molecular formula is C24H48N6O2. The van der Waals surface area contributed by atoms with E-state index in [0.717, 1.165) is 44.8 Å². The van der Waals surface area contributed by atoms with Gasteiger partial charge in [0.2, 0.25) is 6.35 Å². The first-order valence-electron chi connectivity index (χ1n) is 11.8. The van der Waals surface area contributed by atoms with Crippen molar-refractivity contribution in [1.29, 1.82) is 0 Å². The lowest BCUT2D eigenvalue weighted by Crippen LogP contribution is -2.44. The molecule has 1 unspecified atom stereocenters. The van der Waals surface area contributed by atoms with Crippen molar-refractivity contribution in [1.82, 2.24) is 15.5 Å². The lowest BCUT2D eigenvalue weighted by atomic mass is 10.1. The van der Waals surface area contributed by atoms with Crippen molar-refractivity contribution < 1.29 is 11.6 Å². The molecule has 1 fully saturated rings. The van der Waals surface area contributed by atoms with Gasteiger partial charge >= 0.3 is 0 Å². The number of nitrogens with zero attached hydrogens (tertiary/aromatic N) is 3. The van der Waals surface area contributed by atoms with Gasteiger partial charge in [0.05, 0.1) is 18.5 Å². The summed E-state index contributed by atoms with van der Waals surface area (Å²) in [6, 6.07) is 8.74. The summed E-state index contributed by atoms with van der Waals surface area (Å²) >= 11 is 0. The number of nitrogens with two attached hydrogens (primary N) is 1. The molecule has 2 heterocycles. The van der Waals surface area contributed by atoms with E-state index in [1.165, 1.54) is 11.3 Å². The number of hydrogen-bond acceptors (Lipinski definition) is 7. The van der Waals surface area contributed by atoms with Crippen LogP contribution < -0.4 is 21.3 Å². The molecule has 0 saturated carbocycles. The van der Waals surface area contributed by atoms with E-state index in [-0.39, 0.29) is 13.3 Å². The quantitative estimate of drug-likeness (QED) is 0.523. The molecule has 0 spiro atoms. The highest BCUT2D eigenvalue weighted by molar-refractivity contribution is 5.79. The maximum atomic E-state index is 6.03. The zero-order valence-corrected chi connectivity index (χ0v) is 20.9. The summed E-state index contributed by atoms with van der Waals surface area (Å²) in [4.78, 5) is 9.07. The van der Waals surface area contributed by atoms with E-state index >= 15 is 0 Å². The summed E-state index contributed by atoms with van der Waals surface area (Å²) in [5.74, 6) is 0.773. The van der Waals surface area contributed by atoms with Gasteiger partial charge in [-0.05, 0) is 31.2 Å². The van der Waals surface area contributed by atoms with Gasteiger partial charge in [-0.1, -0.05) is 53.2 Å². The van der Waals surface area contributed by atoms with E-state index in [9.17, 15) is 0 Å². The third-order valence-corrected chi connectivity index (χ3v) is 4.95. The molecule has 2 aliphatic heterocycles. The second-order valence-corrected chi connectivity index (χ2v) is 7.14. The van der Waals surface area contributed by atoms with Crippen molar-refractivity contribution in [3.8, 4) is 0 Å². The van der Waals surface area contributed by atoms with Gasteiger partial charge in [0.25, 0.3) is 0 Å². The summed E-state index contributed by atoms with van der Waals surface area (Å²) in [6.45, 7) is 15.9. The van der Waals surface area contributed by atoms with Crippen molar-refractivity contribution in [3.63, 3.8) is 0 Å². The normalized spacial score (nSPS) is 17.8. The van der Waals surface area contributed by atoms with Crippen molar-refractivity contribution >= 4 is 11.9 Å². The monoisotopic (exact) mass is 452 g/mol. The van der Waals surface area contributed by atoms with Crippen LogP contribution >= 0.6 is 0 Å². The summed E-state index contributed by atoms with van der Waals surface area (Å²) in [7, 11) is 2.18. The molecule has 186 valence electrons. The highest BCUT2D eigenvalue weighted by Crippen LogP contribution is 2.17. The molecule has 0 aliphatic carbocycles. The molecule has 0 bridgehead atoms. The molecule has 6 N–H and O–H groups in total. The van der Waals surface area contributed by atoms with Crippen LogP contribution in [0.3, 0.4) is 0 Å². The Hall–Kier alpha value is -2.29. The predicted molar refractivity (Wildman–Crippen MR) is 139 cm³/mol. The number of ether oxygens (including phenoxy) is 1. The number of allylic oxidation sites excluding steroid dienone is 1. The molecule has 8 heteroatoms. The molecule has 1 aromatic carbocycles. The maximum Gasteiger partial charge on any atom is 0.226 e. The fraction of sp³-hybridized carbons (Fsp3) is 0.625. The molecule has 0 aromatic heterocycles. The van der Waals surface area contributed by atoms with Crippen LogP contribution in [0.1, 0.15) is 54.5 Å². The SMILES string of the molecule is CC.CC.CCCCOC1N=CC(N)=C(NCc2ccc(N3CCN(C)CC3)cc2)N1.O.[HH]. The van der Waals surface area contributed by atoms with Crippen LogP contribution in [0.25, 0.3) is 0 Å². The van der Waals surface area contributed by atoms with Crippen LogP contribution in [-0.2, 0) is 11.3 Å². The van der Waals surface area contributed by atoms with E-state index in [0.29, 0.717) is 18.8 Å². The van der Waals surface area contributed by atoms with Gasteiger partial charge in [0, 0.05) is 39.8 Å². The molecule has 8 nitrogen and oxygen atoms in total. The van der Waals surface area contributed by atoms with Gasteiger partial charge in [-0.25, -0.2) is 4.99 Å². The number of rotatable bonds is 8. The van der Waals surface area contributed by atoms with Crippen LogP contribution in [0, 0.1) is 0 Å². The second-order valence-electron chi connectivity index (χ2n) is 7.14. The summed E-state index contributed by atoms with van der Waals surface area (Å²) in [6.07, 6.45) is 3.41. The van der Waals surface area contributed by atoms with Crippen LogP contribution in [0.4, 0.5) is 5.69 Å². The maximum absolute atomic E-state index is 6.03. The Morgan fingerprint density at radius 3 is 2.34 bits per heavy atom. The molecule has 1 saturated heterocycles. The van der Waals surface area contributed by atoms with Gasteiger partial charge in [0.15, 0.2) is 0 Å². The Morgan fingerprint density at radius 1 is 1.12 bits per heavy atom. The zero-order valence-electron chi connectivity index (χ0n) is 20.9. The van der Waals surface area contributed by atoms with Gasteiger partial charge in [0.1, 0.15) is 5.82 Å². The van der Waals surface area contributed by atoms with E-state index in [4.69, 9.17) is 10.5 Å². The van der Waals surface area contributed by atoms with Crippen LogP contribution in [0.2, 0.25) is 0 Å². The zero-order chi connectivity index (χ0) is 23.1. The van der Waals surface area contributed by atoms with Gasteiger partial charge in [-0.3, -0.25) is 0 Å². The average Bonchev–Trinajstić information content (AvgIpc) is 2.83. The number of nitrogens with one attached hydrogen (secondary N) is 2. The van der Waals surface area contributed by atoms with Gasteiger partial charge < -0.3 is 36.4 Å². The molecule has 2 aliphatic rings. The Bertz CT molecular complexity index is 661. The van der Waals surface area contributed by atoms with Gasteiger partial charge in [-0.2, -0.15) is 0 Å². The minimum absolute atomic E-state index is 0. The minimum Gasteiger partial charge on any atom is -0.412 e. The van der Waals surface area contributed by atoms with Crippen molar-refractivity contribution in [3.05, 3.63) is 41.3 Å². The number of benzene rings is 1. The first-order valence-corrected chi connectivity index (χ1v) is 11.8. The Balaban J connectivity index is 0.